The predicted octanol–water partition coefficient (Wildman–Crippen LogP) is 6.31. The summed E-state index contributed by atoms with van der Waals surface area (Å²) in [6.07, 6.45) is 6.96. The van der Waals surface area contributed by atoms with Crippen LogP contribution in [0.25, 0.3) is 23.1 Å². The molecule has 3 rings (SSSR count). The number of anilines is 1. The summed E-state index contributed by atoms with van der Waals surface area (Å²) >= 11 is 5.92. The van der Waals surface area contributed by atoms with Crippen molar-refractivity contribution in [3.8, 4) is 0 Å². The van der Waals surface area contributed by atoms with Gasteiger partial charge in [-0.05, 0) is 49.8 Å². The molecule has 0 saturated heterocycles. The van der Waals surface area contributed by atoms with Crippen LogP contribution in [0.2, 0.25) is 5.02 Å². The number of fused-ring (bicyclic) bond motifs is 1. The lowest BCUT2D eigenvalue weighted by Crippen LogP contribution is -2.08. The number of amides is 1. The summed E-state index contributed by atoms with van der Waals surface area (Å²) in [5, 5.41) is 4.03. The molecule has 0 atom stereocenters. The Balaban J connectivity index is 2.11. The maximum atomic E-state index is 14.8. The Bertz CT molecular complexity index is 1030. The van der Waals surface area contributed by atoms with Crippen molar-refractivity contribution in [3.05, 3.63) is 77.2 Å². The number of rotatable bonds is 5. The van der Waals surface area contributed by atoms with Gasteiger partial charge in [0, 0.05) is 33.9 Å². The van der Waals surface area contributed by atoms with Gasteiger partial charge in [-0.25, -0.2) is 4.39 Å². The number of nitrogens with zero attached hydrogens (tertiary/aromatic N) is 1. The van der Waals surface area contributed by atoms with Crippen LogP contribution < -0.4 is 5.32 Å². The summed E-state index contributed by atoms with van der Waals surface area (Å²) in [5.41, 5.74) is 2.76. The third-order valence-corrected chi connectivity index (χ3v) is 4.50. The van der Waals surface area contributed by atoms with Gasteiger partial charge >= 0.3 is 0 Å². The summed E-state index contributed by atoms with van der Waals surface area (Å²) in [4.78, 5) is 11.6. The molecule has 0 saturated carbocycles. The number of hydrogen-bond acceptors (Lipinski definition) is 1. The van der Waals surface area contributed by atoms with Crippen LogP contribution in [0, 0.1) is 5.82 Å². The average Bonchev–Trinajstić information content (AvgIpc) is 3.00. The van der Waals surface area contributed by atoms with Gasteiger partial charge in [-0.1, -0.05) is 42.5 Å². The second-order valence-corrected chi connectivity index (χ2v) is 6.95. The highest BCUT2D eigenvalue weighted by Crippen LogP contribution is 2.31. The smallest absolute Gasteiger partial charge is 0.247 e. The van der Waals surface area contributed by atoms with Gasteiger partial charge in [-0.2, -0.15) is 0 Å². The molecule has 0 aliphatic rings. The van der Waals surface area contributed by atoms with E-state index in [1.807, 2.05) is 61.0 Å². The maximum Gasteiger partial charge on any atom is 0.247 e. The van der Waals surface area contributed by atoms with E-state index < -0.39 is 0 Å². The maximum absolute atomic E-state index is 14.8. The van der Waals surface area contributed by atoms with Crippen LogP contribution >= 0.6 is 11.6 Å². The molecule has 0 radical (unpaired) electrons. The van der Waals surface area contributed by atoms with Crippen LogP contribution in [-0.4, -0.2) is 10.5 Å². The molecule has 0 unspecified atom stereocenters. The molecule has 27 heavy (non-hydrogen) atoms. The number of nitrogens with one attached hydrogen (secondary N) is 1. The van der Waals surface area contributed by atoms with E-state index in [2.05, 4.69) is 11.9 Å². The first kappa shape index (κ1) is 18.9. The van der Waals surface area contributed by atoms with Gasteiger partial charge in [0.25, 0.3) is 0 Å². The summed E-state index contributed by atoms with van der Waals surface area (Å²) < 4.78 is 16.7. The highest BCUT2D eigenvalue weighted by atomic mass is 35.5. The number of benzene rings is 2. The first-order chi connectivity index (χ1) is 12.9. The van der Waals surface area contributed by atoms with Crippen molar-refractivity contribution in [1.29, 1.82) is 0 Å². The van der Waals surface area contributed by atoms with Crippen LogP contribution in [-0.2, 0) is 4.79 Å². The zero-order valence-corrected chi connectivity index (χ0v) is 15.9. The minimum Gasteiger partial charge on any atom is -0.342 e. The fourth-order valence-corrected chi connectivity index (χ4v) is 3.06. The van der Waals surface area contributed by atoms with Gasteiger partial charge in [-0.3, -0.25) is 4.79 Å². The molecule has 1 amide bonds. The zero-order valence-electron chi connectivity index (χ0n) is 15.2. The minimum absolute atomic E-state index is 0.0910. The zero-order chi connectivity index (χ0) is 19.6. The molecule has 2 aromatic carbocycles. The average molecular weight is 383 g/mol. The Labute approximate surface area is 162 Å². The Hall–Kier alpha value is -2.85. The van der Waals surface area contributed by atoms with Gasteiger partial charge in [0.2, 0.25) is 5.91 Å². The van der Waals surface area contributed by atoms with Crippen molar-refractivity contribution in [2.45, 2.75) is 19.9 Å². The predicted molar refractivity (Wildman–Crippen MR) is 111 cm³/mol. The second kappa shape index (κ2) is 7.80. The van der Waals surface area contributed by atoms with Crippen LogP contribution in [0.15, 0.2) is 55.3 Å². The van der Waals surface area contributed by atoms with Crippen LogP contribution in [0.1, 0.15) is 31.0 Å². The number of carbonyl (C=O) groups excluding carboxylic acids is 1. The largest absolute Gasteiger partial charge is 0.342 e. The molecule has 138 valence electrons. The summed E-state index contributed by atoms with van der Waals surface area (Å²) in [7, 11) is 0. The quantitative estimate of drug-likeness (QED) is 0.515. The van der Waals surface area contributed by atoms with Gasteiger partial charge in [0.15, 0.2) is 0 Å². The molecule has 0 bridgehead atoms. The van der Waals surface area contributed by atoms with E-state index in [1.54, 1.807) is 6.07 Å². The van der Waals surface area contributed by atoms with Gasteiger partial charge < -0.3 is 9.88 Å². The molecular formula is C22H20ClFN2O. The molecule has 0 fully saturated rings. The molecule has 0 aliphatic carbocycles. The van der Waals surface area contributed by atoms with E-state index in [-0.39, 0.29) is 17.8 Å². The molecule has 3 aromatic rings. The lowest BCUT2D eigenvalue weighted by molar-refractivity contribution is -0.111. The topological polar surface area (TPSA) is 34.0 Å². The third kappa shape index (κ3) is 4.12. The second-order valence-electron chi connectivity index (χ2n) is 6.52. The van der Waals surface area contributed by atoms with Crippen LogP contribution in [0.5, 0.6) is 0 Å². The van der Waals surface area contributed by atoms with Crippen molar-refractivity contribution >= 4 is 46.3 Å². The summed E-state index contributed by atoms with van der Waals surface area (Å²) in [6, 6.07) is 10.7. The van der Waals surface area contributed by atoms with Crippen molar-refractivity contribution in [1.82, 2.24) is 4.57 Å². The van der Waals surface area contributed by atoms with E-state index in [9.17, 15) is 9.18 Å². The molecular weight excluding hydrogens is 363 g/mol. The van der Waals surface area contributed by atoms with E-state index in [0.29, 0.717) is 16.2 Å². The standard InChI is InChI=1S/C22H20ClFN2O/c1-4-21(27)25-18-11-19-16(8-5-15-6-9-17(23)10-7-15)13-26(14(2)3)22(19)20(24)12-18/h4-14H,1H2,2-3H3,(H,25,27)/b8-5+. The first-order valence-corrected chi connectivity index (χ1v) is 8.98. The molecule has 5 heteroatoms. The monoisotopic (exact) mass is 382 g/mol. The van der Waals surface area contributed by atoms with Gasteiger partial charge in [-0.15, -0.1) is 0 Å². The molecule has 0 spiro atoms. The Kier molecular flexibility index (Phi) is 5.47. The molecule has 3 nitrogen and oxygen atoms in total. The fraction of sp³-hybridized carbons (Fsp3) is 0.136. The highest BCUT2D eigenvalue weighted by molar-refractivity contribution is 6.30. The number of aromatic nitrogens is 1. The number of carbonyl (C=O) groups is 1. The Morgan fingerprint density at radius 1 is 1.22 bits per heavy atom. The van der Waals surface area contributed by atoms with Gasteiger partial charge in [0.05, 0.1) is 5.52 Å². The van der Waals surface area contributed by atoms with E-state index >= 15 is 0 Å². The van der Waals surface area contributed by atoms with E-state index in [1.165, 1.54) is 6.07 Å². The van der Waals surface area contributed by atoms with Crippen LogP contribution in [0.4, 0.5) is 10.1 Å². The Morgan fingerprint density at radius 2 is 1.93 bits per heavy atom. The van der Waals surface area contributed by atoms with Crippen molar-refractivity contribution in [3.63, 3.8) is 0 Å². The van der Waals surface area contributed by atoms with Crippen molar-refractivity contribution in [2.24, 2.45) is 0 Å². The molecule has 1 N–H and O–H groups in total. The highest BCUT2D eigenvalue weighted by Gasteiger charge is 2.15. The molecule has 0 aliphatic heterocycles. The number of hydrogen-bond donors (Lipinski definition) is 1. The lowest BCUT2D eigenvalue weighted by Gasteiger charge is -2.10. The normalized spacial score (nSPS) is 11.4. The fourth-order valence-electron chi connectivity index (χ4n) is 2.93. The van der Waals surface area contributed by atoms with E-state index in [4.69, 9.17) is 11.6 Å². The minimum atomic E-state index is -0.383. The van der Waals surface area contributed by atoms with Gasteiger partial charge in [0.1, 0.15) is 5.82 Å². The van der Waals surface area contributed by atoms with Crippen molar-refractivity contribution < 1.29 is 9.18 Å². The molecule has 1 heterocycles. The Morgan fingerprint density at radius 3 is 2.56 bits per heavy atom. The van der Waals surface area contributed by atoms with Crippen LogP contribution in [0.3, 0.4) is 0 Å². The lowest BCUT2D eigenvalue weighted by atomic mass is 10.1. The summed E-state index contributed by atoms with van der Waals surface area (Å²) in [6.45, 7) is 7.42. The summed E-state index contributed by atoms with van der Waals surface area (Å²) in [5.74, 6) is -0.762. The molecule has 1 aromatic heterocycles. The van der Waals surface area contributed by atoms with E-state index in [0.717, 1.165) is 22.6 Å². The van der Waals surface area contributed by atoms with Crippen molar-refractivity contribution in [2.75, 3.05) is 5.32 Å². The third-order valence-electron chi connectivity index (χ3n) is 4.25. The first-order valence-electron chi connectivity index (χ1n) is 8.60. The SMILES string of the molecule is C=CC(=O)Nc1cc(F)c2c(c1)c(/C=C/c1ccc(Cl)cc1)cn2C(C)C. The number of halogens is 2.